The molecule has 2 aliphatic heterocycles. The van der Waals surface area contributed by atoms with Crippen LogP contribution in [0, 0.1) is 6.92 Å². The number of rotatable bonds is 2. The van der Waals surface area contributed by atoms with Crippen LogP contribution in [0.3, 0.4) is 0 Å². The number of aromatic nitrogens is 2. The van der Waals surface area contributed by atoms with Crippen molar-refractivity contribution in [2.75, 3.05) is 35.8 Å². The Bertz CT molecular complexity index is 542. The molecular weight excluding hydrogens is 258 g/mol. The van der Waals surface area contributed by atoms with Gasteiger partial charge in [0.25, 0.3) is 0 Å². The van der Waals surface area contributed by atoms with Crippen LogP contribution in [0.15, 0.2) is 0 Å². The number of fused-ring (bicyclic) bond motifs is 1. The number of amides is 1. The van der Waals surface area contributed by atoms with Gasteiger partial charge in [-0.1, -0.05) is 0 Å². The third-order valence-corrected chi connectivity index (χ3v) is 3.88. The molecule has 0 spiro atoms. The van der Waals surface area contributed by atoms with E-state index in [-0.39, 0.29) is 18.0 Å². The highest BCUT2D eigenvalue weighted by atomic mass is 16.5. The van der Waals surface area contributed by atoms with Crippen LogP contribution in [0.1, 0.15) is 19.0 Å². The van der Waals surface area contributed by atoms with Crippen LogP contribution in [0.4, 0.5) is 17.5 Å². The normalized spacial score (nSPS) is 25.4. The highest BCUT2D eigenvalue weighted by Crippen LogP contribution is 2.32. The maximum Gasteiger partial charge on any atom is 0.246 e. The molecule has 0 saturated carbocycles. The summed E-state index contributed by atoms with van der Waals surface area (Å²) in [4.78, 5) is 22.7. The van der Waals surface area contributed by atoms with E-state index in [1.165, 1.54) is 0 Å². The van der Waals surface area contributed by atoms with Gasteiger partial charge in [0.05, 0.1) is 18.3 Å². The van der Waals surface area contributed by atoms with E-state index in [0.29, 0.717) is 18.2 Å². The van der Waals surface area contributed by atoms with Gasteiger partial charge in [0, 0.05) is 13.7 Å². The first-order chi connectivity index (χ1) is 9.56. The number of ether oxygens (including phenoxy) is 1. The molecule has 0 radical (unpaired) electrons. The molecule has 3 rings (SSSR count). The standard InChI is InChI=1S/C13H19N5O2/c1-7-10-11(18(3)8(2)12(19)16-10)17-13(14-7)15-9-4-5-20-6-9/h8-9H,4-6H2,1-3H3,(H,16,19)(H,14,15,17)/t8-,9?/m0/s1. The van der Waals surface area contributed by atoms with E-state index < -0.39 is 0 Å². The monoisotopic (exact) mass is 277 g/mol. The highest BCUT2D eigenvalue weighted by molar-refractivity contribution is 6.03. The Morgan fingerprint density at radius 3 is 2.95 bits per heavy atom. The van der Waals surface area contributed by atoms with Gasteiger partial charge < -0.3 is 20.3 Å². The fourth-order valence-electron chi connectivity index (χ4n) is 2.44. The second kappa shape index (κ2) is 4.90. The molecule has 1 fully saturated rings. The lowest BCUT2D eigenvalue weighted by Crippen LogP contribution is -2.45. The Morgan fingerprint density at radius 2 is 2.25 bits per heavy atom. The lowest BCUT2D eigenvalue weighted by Gasteiger charge is -2.32. The van der Waals surface area contributed by atoms with Crippen molar-refractivity contribution in [3.8, 4) is 0 Å². The Kier molecular flexibility index (Phi) is 3.21. The van der Waals surface area contributed by atoms with Gasteiger partial charge in [-0.25, -0.2) is 4.98 Å². The third kappa shape index (κ3) is 2.18. The predicted octanol–water partition coefficient (Wildman–Crippen LogP) is 0.763. The number of hydrogen-bond donors (Lipinski definition) is 2. The summed E-state index contributed by atoms with van der Waals surface area (Å²) >= 11 is 0. The van der Waals surface area contributed by atoms with Crippen LogP contribution in [-0.4, -0.2) is 48.2 Å². The van der Waals surface area contributed by atoms with Crippen LogP contribution < -0.4 is 15.5 Å². The van der Waals surface area contributed by atoms with Crippen LogP contribution in [-0.2, 0) is 9.53 Å². The quantitative estimate of drug-likeness (QED) is 0.831. The molecule has 7 nitrogen and oxygen atoms in total. The summed E-state index contributed by atoms with van der Waals surface area (Å²) in [5.41, 5.74) is 1.47. The van der Waals surface area contributed by atoms with Crippen molar-refractivity contribution in [1.29, 1.82) is 0 Å². The minimum atomic E-state index is -0.237. The summed E-state index contributed by atoms with van der Waals surface area (Å²) in [7, 11) is 1.87. The molecule has 2 atom stereocenters. The molecule has 2 aliphatic rings. The van der Waals surface area contributed by atoms with E-state index in [4.69, 9.17) is 4.74 Å². The van der Waals surface area contributed by atoms with Gasteiger partial charge in [-0.05, 0) is 20.3 Å². The summed E-state index contributed by atoms with van der Waals surface area (Å²) < 4.78 is 5.34. The Hall–Kier alpha value is -1.89. The Labute approximate surface area is 117 Å². The third-order valence-electron chi connectivity index (χ3n) is 3.88. The minimum Gasteiger partial charge on any atom is -0.379 e. The lowest BCUT2D eigenvalue weighted by atomic mass is 10.2. The average Bonchev–Trinajstić information content (AvgIpc) is 2.91. The van der Waals surface area contributed by atoms with Gasteiger partial charge in [-0.15, -0.1) is 0 Å². The van der Waals surface area contributed by atoms with Crippen molar-refractivity contribution in [3.63, 3.8) is 0 Å². The van der Waals surface area contributed by atoms with Crippen molar-refractivity contribution < 1.29 is 9.53 Å². The molecule has 2 N–H and O–H groups in total. The molecular formula is C13H19N5O2. The van der Waals surface area contributed by atoms with Crippen molar-refractivity contribution >= 4 is 23.4 Å². The Morgan fingerprint density at radius 1 is 1.45 bits per heavy atom. The van der Waals surface area contributed by atoms with Gasteiger partial charge in [-0.2, -0.15) is 4.98 Å². The largest absolute Gasteiger partial charge is 0.379 e. The molecule has 1 unspecified atom stereocenters. The number of carbonyl (C=O) groups is 1. The molecule has 108 valence electrons. The number of carbonyl (C=O) groups excluding carboxylic acids is 1. The topological polar surface area (TPSA) is 79.4 Å². The van der Waals surface area contributed by atoms with Crippen LogP contribution in [0.2, 0.25) is 0 Å². The number of nitrogens with zero attached hydrogens (tertiary/aromatic N) is 3. The molecule has 1 amide bonds. The van der Waals surface area contributed by atoms with Crippen molar-refractivity contribution in [2.45, 2.75) is 32.4 Å². The van der Waals surface area contributed by atoms with Gasteiger partial charge in [0.1, 0.15) is 11.7 Å². The van der Waals surface area contributed by atoms with Gasteiger partial charge in [0.2, 0.25) is 11.9 Å². The molecule has 1 saturated heterocycles. The zero-order valence-electron chi connectivity index (χ0n) is 11.9. The SMILES string of the molecule is Cc1nc(NC2CCOC2)nc2c1NC(=O)[C@H](C)N2C. The minimum absolute atomic E-state index is 0.0309. The summed E-state index contributed by atoms with van der Waals surface area (Å²) in [5, 5.41) is 6.16. The maximum absolute atomic E-state index is 11.8. The smallest absolute Gasteiger partial charge is 0.246 e. The Balaban J connectivity index is 1.92. The second-order valence-electron chi connectivity index (χ2n) is 5.31. The zero-order valence-corrected chi connectivity index (χ0v) is 11.9. The van der Waals surface area contributed by atoms with Crippen LogP contribution in [0.5, 0.6) is 0 Å². The van der Waals surface area contributed by atoms with E-state index in [1.54, 1.807) is 0 Å². The molecule has 20 heavy (non-hydrogen) atoms. The number of nitrogens with one attached hydrogen (secondary N) is 2. The summed E-state index contributed by atoms with van der Waals surface area (Å²) in [6, 6.07) is 0.0211. The number of hydrogen-bond acceptors (Lipinski definition) is 6. The molecule has 0 aromatic carbocycles. The molecule has 0 bridgehead atoms. The van der Waals surface area contributed by atoms with E-state index in [9.17, 15) is 4.79 Å². The van der Waals surface area contributed by atoms with Crippen molar-refractivity contribution in [2.24, 2.45) is 0 Å². The van der Waals surface area contributed by atoms with Gasteiger partial charge in [0.15, 0.2) is 5.82 Å². The molecule has 3 heterocycles. The van der Waals surface area contributed by atoms with E-state index in [2.05, 4.69) is 20.6 Å². The number of anilines is 3. The zero-order chi connectivity index (χ0) is 14.3. The average molecular weight is 277 g/mol. The fourth-order valence-corrected chi connectivity index (χ4v) is 2.44. The summed E-state index contributed by atoms with van der Waals surface area (Å²) in [6.07, 6.45) is 0.961. The van der Waals surface area contributed by atoms with E-state index >= 15 is 0 Å². The van der Waals surface area contributed by atoms with E-state index in [1.807, 2.05) is 25.8 Å². The summed E-state index contributed by atoms with van der Waals surface area (Å²) in [6.45, 7) is 5.19. The predicted molar refractivity (Wildman–Crippen MR) is 76.1 cm³/mol. The lowest BCUT2D eigenvalue weighted by molar-refractivity contribution is -0.117. The van der Waals surface area contributed by atoms with Gasteiger partial charge >= 0.3 is 0 Å². The molecule has 1 aromatic rings. The number of likely N-dealkylation sites (N-methyl/N-ethyl adjacent to an activating group) is 1. The first kappa shape index (κ1) is 13.1. The molecule has 0 aliphatic carbocycles. The van der Waals surface area contributed by atoms with E-state index in [0.717, 1.165) is 24.5 Å². The number of aryl methyl sites for hydroxylation is 1. The first-order valence-corrected chi connectivity index (χ1v) is 6.83. The summed E-state index contributed by atoms with van der Waals surface area (Å²) in [5.74, 6) is 1.31. The molecule has 1 aromatic heterocycles. The van der Waals surface area contributed by atoms with Crippen molar-refractivity contribution in [1.82, 2.24) is 9.97 Å². The van der Waals surface area contributed by atoms with Gasteiger partial charge in [-0.3, -0.25) is 4.79 Å². The second-order valence-corrected chi connectivity index (χ2v) is 5.31. The fraction of sp³-hybridized carbons (Fsp3) is 0.615. The van der Waals surface area contributed by atoms with Crippen LogP contribution >= 0.6 is 0 Å². The van der Waals surface area contributed by atoms with Crippen LogP contribution in [0.25, 0.3) is 0 Å². The highest BCUT2D eigenvalue weighted by Gasteiger charge is 2.30. The first-order valence-electron chi connectivity index (χ1n) is 6.83. The van der Waals surface area contributed by atoms with Crippen molar-refractivity contribution in [3.05, 3.63) is 5.69 Å². The maximum atomic E-state index is 11.8. The molecule has 7 heteroatoms.